The first kappa shape index (κ1) is 15.7. The van der Waals surface area contributed by atoms with Crippen LogP contribution in [0.1, 0.15) is 30.9 Å². The van der Waals surface area contributed by atoms with Gasteiger partial charge in [-0.2, -0.15) is 11.8 Å². The van der Waals surface area contributed by atoms with Crippen LogP contribution >= 0.6 is 11.8 Å². The number of urea groups is 1. The van der Waals surface area contributed by atoms with Crippen molar-refractivity contribution in [2.24, 2.45) is 0 Å². The van der Waals surface area contributed by atoms with Gasteiger partial charge in [-0.3, -0.25) is 4.79 Å². The summed E-state index contributed by atoms with van der Waals surface area (Å²) < 4.78 is 0. The number of carbonyl (C=O) groups excluding carboxylic acids is 1. The molecule has 6 heteroatoms. The second kappa shape index (κ2) is 7.93. The van der Waals surface area contributed by atoms with E-state index in [9.17, 15) is 9.59 Å². The van der Waals surface area contributed by atoms with Crippen LogP contribution in [-0.2, 0) is 4.79 Å². The van der Waals surface area contributed by atoms with E-state index < -0.39 is 12.0 Å². The highest BCUT2D eigenvalue weighted by Gasteiger charge is 2.20. The van der Waals surface area contributed by atoms with Crippen LogP contribution in [0.5, 0.6) is 0 Å². The summed E-state index contributed by atoms with van der Waals surface area (Å²) >= 11 is 1.90. The second-order valence-electron chi connectivity index (χ2n) is 5.07. The van der Waals surface area contributed by atoms with Crippen molar-refractivity contribution in [3.63, 3.8) is 0 Å². The fourth-order valence-electron chi connectivity index (χ4n) is 2.34. The summed E-state index contributed by atoms with van der Waals surface area (Å²) in [6, 6.07) is 8.57. The lowest BCUT2D eigenvalue weighted by Gasteiger charge is -2.24. The Morgan fingerprint density at radius 1 is 1.24 bits per heavy atom. The molecule has 0 aromatic heterocycles. The van der Waals surface area contributed by atoms with Crippen LogP contribution < -0.4 is 10.6 Å². The summed E-state index contributed by atoms with van der Waals surface area (Å²) in [6.07, 6.45) is 1.80. The van der Waals surface area contributed by atoms with E-state index in [2.05, 4.69) is 10.6 Å². The maximum Gasteiger partial charge on any atom is 0.315 e. The Labute approximate surface area is 128 Å². The summed E-state index contributed by atoms with van der Waals surface area (Å²) in [5, 5.41) is 14.7. The Morgan fingerprint density at radius 2 is 1.90 bits per heavy atom. The van der Waals surface area contributed by atoms with E-state index in [1.807, 2.05) is 42.1 Å². The standard InChI is InChI=1S/C15H20N2O3S/c18-14(19)10-13(11-4-2-1-3-5-11)17-15(20)16-12-6-8-21-9-7-12/h1-5,12-13H,6-10H2,(H,18,19)(H2,16,17,20). The minimum absolute atomic E-state index is 0.127. The van der Waals surface area contributed by atoms with Crippen molar-refractivity contribution in [3.05, 3.63) is 35.9 Å². The molecule has 1 atom stereocenters. The summed E-state index contributed by atoms with van der Waals surface area (Å²) in [5.74, 6) is 1.18. The lowest BCUT2D eigenvalue weighted by Crippen LogP contribution is -2.45. The van der Waals surface area contributed by atoms with Gasteiger partial charge < -0.3 is 15.7 Å². The average molecular weight is 308 g/mol. The van der Waals surface area contributed by atoms with Gasteiger partial charge in [0.1, 0.15) is 0 Å². The highest BCUT2D eigenvalue weighted by Crippen LogP contribution is 2.18. The van der Waals surface area contributed by atoms with Gasteiger partial charge in [-0.25, -0.2) is 4.79 Å². The lowest BCUT2D eigenvalue weighted by atomic mass is 10.0. The molecule has 0 radical (unpaired) electrons. The maximum absolute atomic E-state index is 12.1. The van der Waals surface area contributed by atoms with Gasteiger partial charge in [0.25, 0.3) is 0 Å². The van der Waals surface area contributed by atoms with Crippen molar-refractivity contribution in [2.45, 2.75) is 31.3 Å². The Morgan fingerprint density at radius 3 is 2.52 bits per heavy atom. The monoisotopic (exact) mass is 308 g/mol. The number of thioether (sulfide) groups is 1. The highest BCUT2D eigenvalue weighted by atomic mass is 32.2. The quantitative estimate of drug-likeness (QED) is 0.780. The van der Waals surface area contributed by atoms with E-state index >= 15 is 0 Å². The van der Waals surface area contributed by atoms with E-state index in [1.54, 1.807) is 0 Å². The molecule has 1 aliphatic rings. The molecule has 5 nitrogen and oxygen atoms in total. The topological polar surface area (TPSA) is 78.4 Å². The number of aliphatic carboxylic acids is 1. The van der Waals surface area contributed by atoms with E-state index in [4.69, 9.17) is 5.11 Å². The molecule has 114 valence electrons. The van der Waals surface area contributed by atoms with Gasteiger partial charge in [0.05, 0.1) is 12.5 Å². The zero-order chi connectivity index (χ0) is 15.1. The van der Waals surface area contributed by atoms with E-state index in [0.29, 0.717) is 0 Å². The van der Waals surface area contributed by atoms with Gasteiger partial charge in [-0.05, 0) is 29.9 Å². The Bertz CT molecular complexity index is 475. The van der Waals surface area contributed by atoms with E-state index in [-0.39, 0.29) is 18.5 Å². The third-order valence-corrected chi connectivity index (χ3v) is 4.49. The van der Waals surface area contributed by atoms with Crippen molar-refractivity contribution >= 4 is 23.8 Å². The third-order valence-electron chi connectivity index (χ3n) is 3.44. The number of amides is 2. The number of carboxylic acids is 1. The Balaban J connectivity index is 1.94. The fraction of sp³-hybridized carbons (Fsp3) is 0.467. The van der Waals surface area contributed by atoms with Crippen LogP contribution in [0.3, 0.4) is 0 Å². The van der Waals surface area contributed by atoms with Crippen LogP contribution in [0.2, 0.25) is 0 Å². The first-order valence-corrected chi connectivity index (χ1v) is 8.22. The molecular formula is C15H20N2O3S. The molecule has 0 bridgehead atoms. The van der Waals surface area contributed by atoms with Crippen molar-refractivity contribution < 1.29 is 14.7 Å². The predicted molar refractivity (Wildman–Crippen MR) is 83.5 cm³/mol. The average Bonchev–Trinajstić information content (AvgIpc) is 2.48. The van der Waals surface area contributed by atoms with Crippen LogP contribution in [0.4, 0.5) is 4.79 Å². The van der Waals surface area contributed by atoms with Crippen molar-refractivity contribution in [1.29, 1.82) is 0 Å². The summed E-state index contributed by atoms with van der Waals surface area (Å²) in [5.41, 5.74) is 0.800. The molecule has 1 aliphatic heterocycles. The molecule has 0 saturated carbocycles. The van der Waals surface area contributed by atoms with Gasteiger partial charge in [0.15, 0.2) is 0 Å². The zero-order valence-corrected chi connectivity index (χ0v) is 12.6. The van der Waals surface area contributed by atoms with Gasteiger partial charge in [0.2, 0.25) is 0 Å². The van der Waals surface area contributed by atoms with Crippen LogP contribution in [0.25, 0.3) is 0 Å². The molecule has 1 fully saturated rings. The normalized spacial score (nSPS) is 17.0. The highest BCUT2D eigenvalue weighted by molar-refractivity contribution is 7.99. The number of carbonyl (C=O) groups is 2. The second-order valence-corrected chi connectivity index (χ2v) is 6.29. The molecule has 1 aromatic carbocycles. The van der Waals surface area contributed by atoms with Gasteiger partial charge in [-0.1, -0.05) is 30.3 Å². The van der Waals surface area contributed by atoms with Crippen molar-refractivity contribution in [3.8, 4) is 0 Å². The van der Waals surface area contributed by atoms with Gasteiger partial charge in [-0.15, -0.1) is 0 Å². The molecular weight excluding hydrogens is 288 g/mol. The third kappa shape index (κ3) is 5.30. The molecule has 1 heterocycles. The van der Waals surface area contributed by atoms with Gasteiger partial charge in [0, 0.05) is 6.04 Å². The molecule has 0 aliphatic carbocycles. The number of hydrogen-bond acceptors (Lipinski definition) is 3. The maximum atomic E-state index is 12.1. The largest absolute Gasteiger partial charge is 0.481 e. The zero-order valence-electron chi connectivity index (χ0n) is 11.7. The molecule has 1 aromatic rings. The number of carboxylic acid groups (broad SMARTS) is 1. The fourth-order valence-corrected chi connectivity index (χ4v) is 3.45. The van der Waals surface area contributed by atoms with Crippen molar-refractivity contribution in [1.82, 2.24) is 10.6 Å². The minimum atomic E-state index is -0.932. The summed E-state index contributed by atoms with van der Waals surface area (Å²) in [7, 11) is 0. The minimum Gasteiger partial charge on any atom is -0.481 e. The molecule has 2 amide bonds. The first-order chi connectivity index (χ1) is 10.1. The van der Waals surface area contributed by atoms with Crippen LogP contribution in [-0.4, -0.2) is 34.7 Å². The summed E-state index contributed by atoms with van der Waals surface area (Å²) in [6.45, 7) is 0. The first-order valence-electron chi connectivity index (χ1n) is 7.06. The van der Waals surface area contributed by atoms with E-state index in [0.717, 1.165) is 29.9 Å². The van der Waals surface area contributed by atoms with Crippen LogP contribution in [0.15, 0.2) is 30.3 Å². The Kier molecular flexibility index (Phi) is 5.92. The van der Waals surface area contributed by atoms with E-state index in [1.165, 1.54) is 0 Å². The lowest BCUT2D eigenvalue weighted by molar-refractivity contribution is -0.137. The molecule has 1 unspecified atom stereocenters. The predicted octanol–water partition coefficient (Wildman–Crippen LogP) is 2.40. The number of hydrogen-bond donors (Lipinski definition) is 3. The number of benzene rings is 1. The number of nitrogens with one attached hydrogen (secondary N) is 2. The molecule has 21 heavy (non-hydrogen) atoms. The SMILES string of the molecule is O=C(O)CC(NC(=O)NC1CCSCC1)c1ccccc1. The molecule has 2 rings (SSSR count). The molecule has 3 N–H and O–H groups in total. The Hall–Kier alpha value is -1.69. The molecule has 0 spiro atoms. The smallest absolute Gasteiger partial charge is 0.315 e. The summed E-state index contributed by atoms with van der Waals surface area (Å²) in [4.78, 5) is 23.0. The van der Waals surface area contributed by atoms with Gasteiger partial charge >= 0.3 is 12.0 Å². The van der Waals surface area contributed by atoms with Crippen LogP contribution in [0, 0.1) is 0 Å². The number of rotatable bonds is 5. The van der Waals surface area contributed by atoms with Crippen molar-refractivity contribution in [2.75, 3.05) is 11.5 Å². The molecule has 1 saturated heterocycles.